The Hall–Kier alpha value is -6.64. The number of aromatic nitrogens is 1. The quantitative estimate of drug-likeness (QED) is 0.172. The first-order chi connectivity index (χ1) is 27.3. The number of benzene rings is 8. The maximum Gasteiger partial charge on any atom is 0.0620 e. The van der Waals surface area contributed by atoms with Crippen LogP contribution in [0.1, 0.15) is 49.9 Å². The van der Waals surface area contributed by atoms with Crippen molar-refractivity contribution in [2.24, 2.45) is 0 Å². The van der Waals surface area contributed by atoms with Crippen molar-refractivity contribution in [1.82, 2.24) is 4.57 Å². The lowest BCUT2D eigenvalue weighted by Gasteiger charge is -2.34. The summed E-state index contributed by atoms with van der Waals surface area (Å²) in [5, 5.41) is 2.50. The van der Waals surface area contributed by atoms with Crippen LogP contribution < -0.4 is 4.90 Å². The zero-order valence-electron chi connectivity index (χ0n) is 32.2. The second-order valence-electron chi connectivity index (χ2n) is 16.5. The highest BCUT2D eigenvalue weighted by Crippen LogP contribution is 2.56. The minimum absolute atomic E-state index is 0.135. The minimum Gasteiger partial charge on any atom is -0.310 e. The fourth-order valence-corrected chi connectivity index (χ4v) is 10.2. The summed E-state index contributed by atoms with van der Waals surface area (Å²) in [6.45, 7) is 9.55. The molecule has 0 radical (unpaired) electrons. The molecular weight excluding hydrogens is 677 g/mol. The van der Waals surface area contributed by atoms with Crippen LogP contribution in [0.5, 0.6) is 0 Å². The Labute approximate surface area is 328 Å². The normalized spacial score (nSPS) is 14.4. The maximum absolute atomic E-state index is 2.56. The number of hydrogen-bond donors (Lipinski definition) is 0. The Kier molecular flexibility index (Phi) is 6.98. The van der Waals surface area contributed by atoms with Crippen LogP contribution in [-0.2, 0) is 10.8 Å². The first kappa shape index (κ1) is 32.8. The summed E-state index contributed by atoms with van der Waals surface area (Å²) in [4.78, 5) is 2.56. The third-order valence-corrected chi connectivity index (χ3v) is 12.8. The van der Waals surface area contributed by atoms with Gasteiger partial charge in [-0.15, -0.1) is 0 Å². The number of para-hydroxylation sites is 4. The molecule has 1 aromatic heterocycles. The predicted octanol–water partition coefficient (Wildman–Crippen LogP) is 14.5. The van der Waals surface area contributed by atoms with E-state index in [1.54, 1.807) is 0 Å². The average Bonchev–Trinajstić information content (AvgIpc) is 3.79. The van der Waals surface area contributed by atoms with Crippen molar-refractivity contribution in [1.29, 1.82) is 0 Å². The number of fused-ring (bicyclic) bond motifs is 9. The molecular formula is C54H42N2. The number of nitrogens with zero attached hydrogens (tertiary/aromatic N) is 2. The SMILES string of the molecule is CC1(C)c2ccccc2-c2ccc(N(c3ccccc3-c3cccc4c5ccccc5n(-c5ccccc5)c34)c3cccc4c3C(C)(C)c3ccccc3-4)cc21. The number of rotatable bonds is 5. The summed E-state index contributed by atoms with van der Waals surface area (Å²) in [7, 11) is 0. The fourth-order valence-electron chi connectivity index (χ4n) is 10.2. The van der Waals surface area contributed by atoms with Crippen molar-refractivity contribution < 1.29 is 0 Å². The van der Waals surface area contributed by atoms with Gasteiger partial charge in [-0.1, -0.05) is 167 Å². The van der Waals surface area contributed by atoms with Gasteiger partial charge in [0.25, 0.3) is 0 Å². The van der Waals surface area contributed by atoms with Crippen LogP contribution in [0, 0.1) is 0 Å². The van der Waals surface area contributed by atoms with Crippen molar-refractivity contribution in [3.8, 4) is 39.1 Å². The molecule has 0 unspecified atom stereocenters. The Morgan fingerprint density at radius 2 is 0.946 bits per heavy atom. The topological polar surface area (TPSA) is 8.17 Å². The van der Waals surface area contributed by atoms with Gasteiger partial charge in [-0.2, -0.15) is 0 Å². The van der Waals surface area contributed by atoms with Crippen molar-refractivity contribution >= 4 is 38.9 Å². The number of hydrogen-bond acceptors (Lipinski definition) is 1. The Bertz CT molecular complexity index is 3030. The molecule has 9 aromatic rings. The van der Waals surface area contributed by atoms with Gasteiger partial charge in [-0.3, -0.25) is 0 Å². The largest absolute Gasteiger partial charge is 0.310 e. The Balaban J connectivity index is 1.22. The molecule has 8 aromatic carbocycles. The first-order valence-electron chi connectivity index (χ1n) is 19.8. The van der Waals surface area contributed by atoms with Crippen molar-refractivity contribution in [2.45, 2.75) is 38.5 Å². The monoisotopic (exact) mass is 718 g/mol. The molecule has 268 valence electrons. The van der Waals surface area contributed by atoms with Gasteiger partial charge in [0.1, 0.15) is 0 Å². The van der Waals surface area contributed by atoms with Crippen LogP contribution in [0.4, 0.5) is 17.1 Å². The molecule has 2 heteroatoms. The van der Waals surface area contributed by atoms with E-state index in [0.29, 0.717) is 0 Å². The van der Waals surface area contributed by atoms with Crippen molar-refractivity contribution in [3.63, 3.8) is 0 Å². The van der Waals surface area contributed by atoms with Gasteiger partial charge in [0, 0.05) is 44.1 Å². The molecule has 56 heavy (non-hydrogen) atoms. The van der Waals surface area contributed by atoms with Gasteiger partial charge >= 0.3 is 0 Å². The van der Waals surface area contributed by atoms with Gasteiger partial charge in [0.15, 0.2) is 0 Å². The smallest absolute Gasteiger partial charge is 0.0620 e. The van der Waals surface area contributed by atoms with Crippen LogP contribution >= 0.6 is 0 Å². The third-order valence-electron chi connectivity index (χ3n) is 12.8. The molecule has 0 amide bonds. The zero-order valence-corrected chi connectivity index (χ0v) is 32.2. The van der Waals surface area contributed by atoms with E-state index in [2.05, 4.69) is 219 Å². The van der Waals surface area contributed by atoms with E-state index in [9.17, 15) is 0 Å². The average molecular weight is 719 g/mol. The molecule has 0 saturated heterocycles. The molecule has 0 bridgehead atoms. The van der Waals surface area contributed by atoms with Crippen molar-refractivity contribution in [2.75, 3.05) is 4.90 Å². The maximum atomic E-state index is 2.56. The molecule has 0 fully saturated rings. The van der Waals surface area contributed by atoms with Crippen LogP contribution in [0.2, 0.25) is 0 Å². The Morgan fingerprint density at radius 3 is 1.75 bits per heavy atom. The lowest BCUT2D eigenvalue weighted by atomic mass is 9.80. The summed E-state index contributed by atoms with van der Waals surface area (Å²) < 4.78 is 2.45. The fraction of sp³-hybridized carbons (Fsp3) is 0.111. The van der Waals surface area contributed by atoms with Gasteiger partial charge < -0.3 is 9.47 Å². The highest BCUT2D eigenvalue weighted by atomic mass is 15.2. The van der Waals surface area contributed by atoms with Crippen molar-refractivity contribution in [3.05, 3.63) is 204 Å². The standard InChI is InChI=1S/C54H42N2/c1-53(2)45-27-12-8-20-37(45)39-33-32-36(34-47(39)53)55(50-31-17-24-42-38-21-9-13-28-46(38)54(3,4)51(42)50)48-29-14-10-22-40(48)43-25-16-26-44-41-23-11-15-30-49(41)56(52(43)44)35-18-6-5-7-19-35/h5-34H,1-4H3. The minimum atomic E-state index is -0.207. The predicted molar refractivity (Wildman–Crippen MR) is 236 cm³/mol. The van der Waals surface area contributed by atoms with E-state index in [1.807, 2.05) is 0 Å². The van der Waals surface area contributed by atoms with Gasteiger partial charge in [-0.05, 0) is 87.0 Å². The van der Waals surface area contributed by atoms with Gasteiger partial charge in [0.05, 0.1) is 22.4 Å². The van der Waals surface area contributed by atoms with E-state index in [4.69, 9.17) is 0 Å². The van der Waals surface area contributed by atoms with Gasteiger partial charge in [-0.25, -0.2) is 0 Å². The molecule has 2 nitrogen and oxygen atoms in total. The summed E-state index contributed by atoms with van der Waals surface area (Å²) in [5.74, 6) is 0. The van der Waals surface area contributed by atoms with E-state index in [1.165, 1.54) is 83.1 Å². The third kappa shape index (κ3) is 4.50. The second-order valence-corrected chi connectivity index (χ2v) is 16.5. The Morgan fingerprint density at radius 1 is 0.393 bits per heavy atom. The molecule has 0 aliphatic heterocycles. The molecule has 11 rings (SSSR count). The zero-order chi connectivity index (χ0) is 37.8. The number of anilines is 3. The van der Waals surface area contributed by atoms with Crippen LogP contribution in [0.25, 0.3) is 60.9 Å². The molecule has 1 heterocycles. The van der Waals surface area contributed by atoms with E-state index < -0.39 is 0 Å². The van der Waals surface area contributed by atoms with Gasteiger partial charge in [0.2, 0.25) is 0 Å². The van der Waals surface area contributed by atoms with E-state index >= 15 is 0 Å². The molecule has 2 aliphatic carbocycles. The summed E-state index contributed by atoms with van der Waals surface area (Å²) in [5.41, 5.74) is 19.9. The molecule has 0 atom stereocenters. The summed E-state index contributed by atoms with van der Waals surface area (Å²) >= 11 is 0. The molecule has 2 aliphatic rings. The first-order valence-corrected chi connectivity index (χ1v) is 19.8. The summed E-state index contributed by atoms with van der Waals surface area (Å²) in [6, 6.07) is 67.5. The lowest BCUT2D eigenvalue weighted by molar-refractivity contribution is 0.658. The van der Waals surface area contributed by atoms with E-state index in [0.717, 1.165) is 17.1 Å². The molecule has 0 saturated carbocycles. The van der Waals surface area contributed by atoms with Crippen LogP contribution in [0.3, 0.4) is 0 Å². The van der Waals surface area contributed by atoms with Crippen LogP contribution in [0.15, 0.2) is 182 Å². The highest BCUT2D eigenvalue weighted by Gasteiger charge is 2.40. The molecule has 0 spiro atoms. The highest BCUT2D eigenvalue weighted by molar-refractivity contribution is 6.15. The van der Waals surface area contributed by atoms with Crippen LogP contribution in [-0.4, -0.2) is 4.57 Å². The lowest BCUT2D eigenvalue weighted by Crippen LogP contribution is -2.21. The molecule has 0 N–H and O–H groups in total. The van der Waals surface area contributed by atoms with E-state index in [-0.39, 0.29) is 10.8 Å². The second kappa shape index (κ2) is 11.9. The summed E-state index contributed by atoms with van der Waals surface area (Å²) in [6.07, 6.45) is 0.